The van der Waals surface area contributed by atoms with Gasteiger partial charge in [-0.15, -0.1) is 0 Å². The van der Waals surface area contributed by atoms with E-state index < -0.39 is 68.2 Å². The number of piperidine rings is 4. The van der Waals surface area contributed by atoms with E-state index in [1.54, 1.807) is 29.7 Å². The summed E-state index contributed by atoms with van der Waals surface area (Å²) >= 11 is 0. The van der Waals surface area contributed by atoms with Crippen molar-refractivity contribution in [2.75, 3.05) is 44.2 Å². The molecule has 4 saturated heterocycles. The molecule has 3 N–H and O–H groups in total. The molecule has 0 saturated carbocycles. The Hall–Kier alpha value is -5.67. The van der Waals surface area contributed by atoms with Gasteiger partial charge in [-0.25, -0.2) is 35.9 Å². The van der Waals surface area contributed by atoms with Gasteiger partial charge in [0.2, 0.25) is 27.7 Å². The van der Waals surface area contributed by atoms with Crippen LogP contribution in [0.3, 0.4) is 0 Å². The molecule has 5 amide bonds. The zero-order valence-corrected chi connectivity index (χ0v) is 38.0. The van der Waals surface area contributed by atoms with Crippen LogP contribution in [0.4, 0.5) is 18.9 Å². The van der Waals surface area contributed by atoms with Crippen molar-refractivity contribution in [1.82, 2.24) is 39.6 Å². The van der Waals surface area contributed by atoms with E-state index in [0.717, 1.165) is 17.2 Å². The molecule has 66 heavy (non-hydrogen) atoms. The van der Waals surface area contributed by atoms with Crippen LogP contribution in [-0.2, 0) is 24.4 Å². The van der Waals surface area contributed by atoms with Gasteiger partial charge in [0.1, 0.15) is 23.2 Å². The number of anilines is 1. The van der Waals surface area contributed by atoms with Gasteiger partial charge in [0.15, 0.2) is 17.4 Å². The Kier molecular flexibility index (Phi) is 11.9. The molecule has 0 radical (unpaired) electrons. The minimum absolute atomic E-state index is 0.00158. The number of imidazole rings is 1. The zero-order chi connectivity index (χ0) is 47.0. The van der Waals surface area contributed by atoms with Crippen molar-refractivity contribution in [2.24, 2.45) is 10.9 Å². The maximum atomic E-state index is 15.5. The second-order valence-corrected chi connectivity index (χ2v) is 20.8. The molecule has 7 heterocycles. The number of fused-ring (bicyclic) bond motifs is 2. The Bertz CT molecular complexity index is 2720. The van der Waals surface area contributed by atoms with Crippen molar-refractivity contribution >= 4 is 68.2 Å². The third-order valence-electron chi connectivity index (χ3n) is 13.9. The summed E-state index contributed by atoms with van der Waals surface area (Å²) in [6.45, 7) is 9.19. The van der Waals surface area contributed by atoms with Gasteiger partial charge in [0, 0.05) is 69.3 Å². The second-order valence-electron chi connectivity index (χ2n) is 18.6. The molecule has 352 valence electrons. The van der Waals surface area contributed by atoms with E-state index in [1.165, 1.54) is 16.4 Å². The molecule has 2 unspecified atom stereocenters. The fourth-order valence-corrected chi connectivity index (χ4v) is 12.5. The second kappa shape index (κ2) is 17.2. The first-order chi connectivity index (χ1) is 31.3. The van der Waals surface area contributed by atoms with Crippen molar-refractivity contribution in [2.45, 2.75) is 108 Å². The Balaban J connectivity index is 0.753. The molecule has 6 aliphatic heterocycles. The Morgan fingerprint density at radius 2 is 1.53 bits per heavy atom. The highest BCUT2D eigenvalue weighted by Crippen LogP contribution is 2.36. The largest absolute Gasteiger partial charge is 0.369 e. The van der Waals surface area contributed by atoms with Crippen LogP contribution in [0.15, 0.2) is 35.1 Å². The maximum absolute atomic E-state index is 15.5. The van der Waals surface area contributed by atoms with Crippen LogP contribution >= 0.6 is 0 Å². The predicted molar refractivity (Wildman–Crippen MR) is 237 cm³/mol. The number of hydrogen-bond donors (Lipinski definition) is 3. The zero-order valence-electron chi connectivity index (χ0n) is 37.2. The normalized spacial score (nSPS) is 24.2. The average molecular weight is 935 g/mol. The van der Waals surface area contributed by atoms with Gasteiger partial charge in [-0.05, 0) is 96.9 Å². The number of aromatic nitrogens is 2. The molecule has 9 rings (SSSR count). The number of amides is 5. The molecular formula is C45H53F3N10O7S. The number of allylic oxidation sites excluding steroid dienone is 1. The lowest BCUT2D eigenvalue weighted by Gasteiger charge is -2.41. The average Bonchev–Trinajstić information content (AvgIpc) is 3.75. The highest BCUT2D eigenvalue weighted by atomic mass is 32.2. The Morgan fingerprint density at radius 3 is 2.18 bits per heavy atom. The van der Waals surface area contributed by atoms with Crippen molar-refractivity contribution in [1.29, 1.82) is 0 Å². The molecule has 17 nitrogen and oxygen atoms in total. The fourth-order valence-electron chi connectivity index (χ4n) is 10.5. The van der Waals surface area contributed by atoms with E-state index in [0.29, 0.717) is 55.7 Å². The summed E-state index contributed by atoms with van der Waals surface area (Å²) in [7, 11) is -3.68. The lowest BCUT2D eigenvalue weighted by atomic mass is 9.93. The van der Waals surface area contributed by atoms with Crippen LogP contribution in [-0.4, -0.2) is 130 Å². The van der Waals surface area contributed by atoms with Crippen molar-refractivity contribution in [3.8, 4) is 0 Å². The SMILES string of the molecule is Cc1nc2c(F)cc(C3=C(F)C=NC(C)(NC4CCN(S(=O)(=O)C5CCN(C(=O)C6CCN(c7cc8c(cc7F)C(=O)N(C7CCC(=O)NC7=O)C8=O)CC6)CC5)CC4)N3)cc2n1C(C)C. The summed E-state index contributed by atoms with van der Waals surface area (Å²) in [5.74, 6) is -5.66. The number of carbonyl (C=O) groups is 5. The highest BCUT2D eigenvalue weighted by molar-refractivity contribution is 7.89. The standard InChI is InChI=1S/C45H53F3N10O7S/c1-24(2)57-25(3)50-40-33(47)19-27(20-37(40)57)39-34(48)23-49-45(4,53-39)52-28-9-17-56(18-10-28)66(64,65)29-11-15-55(16-12-29)42(61)26-7-13-54(14-8-26)36-22-31-30(21-32(36)46)43(62)58(44(31)63)35-5-6-38(59)51-41(35)60/h19-24,26,28-29,35,52-53H,5-18H2,1-4H3,(H,51,59,60). The van der Waals surface area contributed by atoms with Gasteiger partial charge in [0.25, 0.3) is 11.8 Å². The van der Waals surface area contributed by atoms with Crippen molar-refractivity contribution in [3.63, 3.8) is 0 Å². The highest BCUT2D eigenvalue weighted by Gasteiger charge is 2.46. The smallest absolute Gasteiger partial charge is 0.262 e. The van der Waals surface area contributed by atoms with E-state index in [4.69, 9.17) is 0 Å². The summed E-state index contributed by atoms with van der Waals surface area (Å²) in [6.07, 6.45) is 3.38. The molecule has 3 aromatic rings. The summed E-state index contributed by atoms with van der Waals surface area (Å²) in [5.41, 5.74) is 1.09. The first-order valence-electron chi connectivity index (χ1n) is 22.6. The van der Waals surface area contributed by atoms with Crippen LogP contribution in [0, 0.1) is 24.5 Å². The molecule has 0 bridgehead atoms. The van der Waals surface area contributed by atoms with E-state index in [2.05, 4.69) is 25.9 Å². The van der Waals surface area contributed by atoms with E-state index in [1.807, 2.05) is 18.4 Å². The van der Waals surface area contributed by atoms with Crippen LogP contribution in [0.25, 0.3) is 16.7 Å². The van der Waals surface area contributed by atoms with Crippen molar-refractivity contribution in [3.05, 3.63) is 64.2 Å². The number of imide groups is 2. The number of aliphatic imine (C=N–C) groups is 1. The quantitative estimate of drug-likeness (QED) is 0.263. The first kappa shape index (κ1) is 45.5. The fraction of sp³-hybridized carbons (Fsp3) is 0.533. The number of likely N-dealkylation sites (tertiary alicyclic amines) is 1. The molecule has 4 fully saturated rings. The number of carbonyl (C=O) groups excluding carboxylic acids is 5. The van der Waals surface area contributed by atoms with E-state index >= 15 is 13.2 Å². The number of hydrogen-bond acceptors (Lipinski definition) is 12. The number of benzene rings is 2. The predicted octanol–water partition coefficient (Wildman–Crippen LogP) is 3.88. The third-order valence-corrected chi connectivity index (χ3v) is 16.3. The molecule has 2 atom stereocenters. The molecule has 0 aliphatic carbocycles. The topological polar surface area (TPSA) is 199 Å². The Labute approximate surface area is 379 Å². The monoisotopic (exact) mass is 934 g/mol. The van der Waals surface area contributed by atoms with Gasteiger partial charge in [-0.2, -0.15) is 0 Å². The molecule has 0 spiro atoms. The summed E-state index contributed by atoms with van der Waals surface area (Å²) < 4.78 is 77.4. The van der Waals surface area contributed by atoms with Gasteiger partial charge in [0.05, 0.1) is 39.5 Å². The lowest BCUT2D eigenvalue weighted by Crippen LogP contribution is -2.59. The number of aryl methyl sites for hydroxylation is 1. The van der Waals surface area contributed by atoms with Crippen molar-refractivity contribution < 1.29 is 45.6 Å². The molecule has 1 aromatic heterocycles. The van der Waals surface area contributed by atoms with E-state index in [9.17, 15) is 32.4 Å². The van der Waals surface area contributed by atoms with Gasteiger partial charge >= 0.3 is 0 Å². The molecule has 21 heteroatoms. The molecule has 2 aromatic carbocycles. The van der Waals surface area contributed by atoms with Gasteiger partial charge < -0.3 is 19.7 Å². The van der Waals surface area contributed by atoms with E-state index in [-0.39, 0.29) is 104 Å². The Morgan fingerprint density at radius 1 is 0.864 bits per heavy atom. The number of halogens is 3. The number of rotatable bonds is 9. The first-order valence-corrected chi connectivity index (χ1v) is 24.1. The summed E-state index contributed by atoms with van der Waals surface area (Å²) in [4.78, 5) is 77.3. The summed E-state index contributed by atoms with van der Waals surface area (Å²) in [6, 6.07) is 3.97. The molecular weight excluding hydrogens is 882 g/mol. The number of nitrogens with one attached hydrogen (secondary N) is 3. The third kappa shape index (κ3) is 8.15. The van der Waals surface area contributed by atoms with Crippen LogP contribution in [0.1, 0.15) is 110 Å². The lowest BCUT2D eigenvalue weighted by molar-refractivity contribution is -0.137. The summed E-state index contributed by atoms with van der Waals surface area (Å²) in [5, 5.41) is 8.05. The minimum atomic E-state index is -3.68. The van der Waals surface area contributed by atoms with Crippen LogP contribution in [0.5, 0.6) is 0 Å². The number of sulfonamides is 1. The maximum Gasteiger partial charge on any atom is 0.262 e. The molecule has 6 aliphatic rings. The number of nitrogens with zero attached hydrogens (tertiary/aromatic N) is 7. The van der Waals surface area contributed by atoms with Gasteiger partial charge in [-0.1, -0.05) is 0 Å². The van der Waals surface area contributed by atoms with Crippen LogP contribution < -0.4 is 20.9 Å². The minimum Gasteiger partial charge on any atom is -0.369 e. The van der Waals surface area contributed by atoms with Crippen LogP contribution in [0.2, 0.25) is 0 Å². The van der Waals surface area contributed by atoms with Gasteiger partial charge in [-0.3, -0.25) is 39.5 Å².